The van der Waals surface area contributed by atoms with Crippen molar-refractivity contribution < 1.29 is 13.7 Å². The minimum atomic E-state index is 0.127. The molecule has 0 atom stereocenters. The van der Waals surface area contributed by atoms with E-state index in [-0.39, 0.29) is 11.9 Å². The van der Waals surface area contributed by atoms with Crippen LogP contribution >= 0.6 is 0 Å². The van der Waals surface area contributed by atoms with Crippen molar-refractivity contribution in [1.29, 1.82) is 0 Å². The molecule has 1 aromatic carbocycles. The molecule has 3 heterocycles. The molecule has 0 bridgehead atoms. The van der Waals surface area contributed by atoms with Crippen LogP contribution in [0.4, 0.5) is 5.95 Å². The Hall–Kier alpha value is -3.16. The average Bonchev–Trinajstić information content (AvgIpc) is 3.25. The molecule has 1 amide bonds. The zero-order valence-corrected chi connectivity index (χ0v) is 18.0. The summed E-state index contributed by atoms with van der Waals surface area (Å²) in [4.78, 5) is 26.4. The topological polar surface area (TPSA) is 88.5 Å². The Bertz CT molecular complexity index is 1060. The van der Waals surface area contributed by atoms with E-state index in [1.54, 1.807) is 6.20 Å². The van der Waals surface area contributed by atoms with Gasteiger partial charge in [-0.05, 0) is 55.8 Å². The lowest BCUT2D eigenvalue weighted by atomic mass is 9.85. The first-order valence-electron chi connectivity index (χ1n) is 11.7. The zero-order chi connectivity index (χ0) is 21.5. The van der Waals surface area contributed by atoms with Crippen LogP contribution in [0.15, 0.2) is 45.8 Å². The normalized spacial score (nSPS) is 19.7. The van der Waals surface area contributed by atoms with Crippen LogP contribution in [-0.2, 0) is 0 Å². The predicted molar refractivity (Wildman–Crippen MR) is 117 cm³/mol. The molecule has 0 N–H and O–H groups in total. The largest absolute Gasteiger partial charge is 0.444 e. The molecule has 3 aliphatic rings. The molecular weight excluding hydrogens is 406 g/mol. The highest BCUT2D eigenvalue weighted by Crippen LogP contribution is 2.37. The summed E-state index contributed by atoms with van der Waals surface area (Å²) >= 11 is 0. The minimum absolute atomic E-state index is 0.127. The van der Waals surface area contributed by atoms with Gasteiger partial charge in [0.15, 0.2) is 12.2 Å². The van der Waals surface area contributed by atoms with Gasteiger partial charge in [-0.3, -0.25) is 4.79 Å². The SMILES string of the molecule is O=C(c1ccc(-c2cnco2)cc1)N(C1CC1)C1CCN(c2noc(C3CCC3)n2)CC1. The maximum absolute atomic E-state index is 13.4. The number of carbonyl (C=O) groups is 1. The second-order valence-corrected chi connectivity index (χ2v) is 9.17. The van der Waals surface area contributed by atoms with E-state index in [0.29, 0.717) is 23.7 Å². The number of rotatable bonds is 6. The number of piperidine rings is 1. The van der Waals surface area contributed by atoms with Gasteiger partial charge in [-0.25, -0.2) is 4.98 Å². The smallest absolute Gasteiger partial charge is 0.266 e. The number of anilines is 1. The third-order valence-electron chi connectivity index (χ3n) is 7.05. The Morgan fingerprint density at radius 1 is 1.00 bits per heavy atom. The highest BCUT2D eigenvalue weighted by atomic mass is 16.5. The minimum Gasteiger partial charge on any atom is -0.444 e. The number of aromatic nitrogens is 3. The Balaban J connectivity index is 1.12. The van der Waals surface area contributed by atoms with Gasteiger partial charge in [-0.15, -0.1) is 0 Å². The number of nitrogens with zero attached hydrogens (tertiary/aromatic N) is 5. The summed E-state index contributed by atoms with van der Waals surface area (Å²) in [5.41, 5.74) is 1.65. The van der Waals surface area contributed by atoms with Crippen LogP contribution in [0, 0.1) is 0 Å². The monoisotopic (exact) mass is 433 g/mol. The first kappa shape index (κ1) is 19.5. The van der Waals surface area contributed by atoms with Gasteiger partial charge in [-0.1, -0.05) is 18.6 Å². The van der Waals surface area contributed by atoms with Crippen molar-refractivity contribution in [3.05, 3.63) is 48.3 Å². The fraction of sp³-hybridized carbons (Fsp3) is 0.500. The summed E-state index contributed by atoms with van der Waals surface area (Å²) in [6.45, 7) is 1.68. The van der Waals surface area contributed by atoms with Crippen LogP contribution < -0.4 is 4.90 Å². The maximum Gasteiger partial charge on any atom is 0.266 e. The van der Waals surface area contributed by atoms with Crippen molar-refractivity contribution in [2.75, 3.05) is 18.0 Å². The lowest BCUT2D eigenvalue weighted by Crippen LogP contribution is -2.48. The lowest BCUT2D eigenvalue weighted by Gasteiger charge is -2.38. The van der Waals surface area contributed by atoms with E-state index in [4.69, 9.17) is 8.94 Å². The van der Waals surface area contributed by atoms with Gasteiger partial charge in [0.05, 0.1) is 6.20 Å². The molecule has 0 unspecified atom stereocenters. The van der Waals surface area contributed by atoms with E-state index < -0.39 is 0 Å². The van der Waals surface area contributed by atoms with Crippen molar-refractivity contribution >= 4 is 11.9 Å². The highest BCUT2D eigenvalue weighted by molar-refractivity contribution is 5.95. The second-order valence-electron chi connectivity index (χ2n) is 9.17. The molecule has 0 spiro atoms. The van der Waals surface area contributed by atoms with E-state index in [9.17, 15) is 4.79 Å². The third-order valence-corrected chi connectivity index (χ3v) is 7.05. The molecule has 1 saturated heterocycles. The van der Waals surface area contributed by atoms with Crippen LogP contribution in [0.2, 0.25) is 0 Å². The summed E-state index contributed by atoms with van der Waals surface area (Å²) < 4.78 is 10.9. The fourth-order valence-corrected chi connectivity index (χ4v) is 4.79. The van der Waals surface area contributed by atoms with Gasteiger partial charge >= 0.3 is 0 Å². The fourth-order valence-electron chi connectivity index (χ4n) is 4.79. The van der Waals surface area contributed by atoms with Crippen molar-refractivity contribution in [2.24, 2.45) is 0 Å². The van der Waals surface area contributed by atoms with Gasteiger partial charge in [0.2, 0.25) is 5.89 Å². The maximum atomic E-state index is 13.4. The number of oxazole rings is 1. The molecule has 32 heavy (non-hydrogen) atoms. The first-order chi connectivity index (χ1) is 15.8. The van der Waals surface area contributed by atoms with Gasteiger partial charge in [0.1, 0.15) is 0 Å². The van der Waals surface area contributed by atoms with E-state index in [1.807, 2.05) is 24.3 Å². The van der Waals surface area contributed by atoms with Gasteiger partial charge in [0.25, 0.3) is 11.9 Å². The molecule has 2 aliphatic carbocycles. The molecule has 2 aromatic heterocycles. The van der Waals surface area contributed by atoms with Crippen molar-refractivity contribution in [2.45, 2.75) is 62.9 Å². The molecule has 2 saturated carbocycles. The standard InChI is InChI=1S/C24H27N5O3/c30-23(18-6-4-16(5-7-18)21-14-25-15-31-21)29(19-8-9-19)20-10-12-28(13-11-20)24-26-22(32-27-24)17-2-1-3-17/h4-7,14-15,17,19-20H,1-3,8-13H2. The van der Waals surface area contributed by atoms with E-state index in [1.165, 1.54) is 12.8 Å². The average molecular weight is 434 g/mol. The van der Waals surface area contributed by atoms with Gasteiger partial charge < -0.3 is 18.7 Å². The number of carbonyl (C=O) groups excluding carboxylic acids is 1. The third kappa shape index (κ3) is 3.67. The number of hydrogen-bond donors (Lipinski definition) is 0. The molecule has 3 aromatic rings. The Kier molecular flexibility index (Phi) is 4.92. The van der Waals surface area contributed by atoms with Crippen molar-refractivity contribution in [1.82, 2.24) is 20.0 Å². The lowest BCUT2D eigenvalue weighted by molar-refractivity contribution is 0.0630. The van der Waals surface area contributed by atoms with Gasteiger partial charge in [0, 0.05) is 42.2 Å². The summed E-state index contributed by atoms with van der Waals surface area (Å²) in [5.74, 6) is 2.78. The van der Waals surface area contributed by atoms with Gasteiger partial charge in [-0.2, -0.15) is 4.98 Å². The van der Waals surface area contributed by atoms with Crippen molar-refractivity contribution in [3.8, 4) is 11.3 Å². The predicted octanol–water partition coefficient (Wildman–Crippen LogP) is 4.27. The molecule has 1 aliphatic heterocycles. The van der Waals surface area contributed by atoms with E-state index in [2.05, 4.69) is 24.9 Å². The molecule has 3 fully saturated rings. The number of hydrogen-bond acceptors (Lipinski definition) is 7. The second kappa shape index (κ2) is 8.07. The molecule has 8 nitrogen and oxygen atoms in total. The summed E-state index contributed by atoms with van der Waals surface area (Å²) in [5, 5.41) is 4.22. The van der Waals surface area contributed by atoms with Crippen LogP contribution in [0.1, 0.15) is 67.1 Å². The van der Waals surface area contributed by atoms with Crippen LogP contribution in [0.5, 0.6) is 0 Å². The Labute approximate surface area is 186 Å². The van der Waals surface area contributed by atoms with Crippen LogP contribution in [0.25, 0.3) is 11.3 Å². The molecule has 6 rings (SSSR count). The Morgan fingerprint density at radius 2 is 1.75 bits per heavy atom. The van der Waals surface area contributed by atoms with Crippen molar-refractivity contribution in [3.63, 3.8) is 0 Å². The van der Waals surface area contributed by atoms with Crippen LogP contribution in [0.3, 0.4) is 0 Å². The zero-order valence-electron chi connectivity index (χ0n) is 18.0. The summed E-state index contributed by atoms with van der Waals surface area (Å²) in [7, 11) is 0. The quantitative estimate of drug-likeness (QED) is 0.574. The molecule has 0 radical (unpaired) electrons. The van der Waals surface area contributed by atoms with E-state index >= 15 is 0 Å². The first-order valence-corrected chi connectivity index (χ1v) is 11.7. The number of benzene rings is 1. The summed E-state index contributed by atoms with van der Waals surface area (Å²) in [6.07, 6.45) is 10.7. The molecule has 166 valence electrons. The molecular formula is C24H27N5O3. The summed E-state index contributed by atoms with van der Waals surface area (Å²) in [6, 6.07) is 8.26. The van der Waals surface area contributed by atoms with E-state index in [0.717, 1.165) is 68.6 Å². The van der Waals surface area contributed by atoms with Crippen LogP contribution in [-0.4, -0.2) is 51.1 Å². The highest BCUT2D eigenvalue weighted by Gasteiger charge is 2.39. The Morgan fingerprint density at radius 3 is 2.38 bits per heavy atom. The molecule has 8 heteroatoms. The number of amides is 1.